The first-order chi connectivity index (χ1) is 14.2. The summed E-state index contributed by atoms with van der Waals surface area (Å²) in [5.41, 5.74) is 7.69. The number of hydrogen-bond donors (Lipinski definition) is 1. The van der Waals surface area contributed by atoms with Crippen LogP contribution in [0.15, 0.2) is 35.0 Å². The summed E-state index contributed by atoms with van der Waals surface area (Å²) in [6, 6.07) is 10.3. The molecule has 0 aliphatic carbocycles. The van der Waals surface area contributed by atoms with E-state index in [4.69, 9.17) is 10.5 Å². The number of para-hydroxylation sites is 1. The number of benzene rings is 1. The number of rotatable bonds is 6. The van der Waals surface area contributed by atoms with Gasteiger partial charge in [-0.25, -0.2) is 9.42 Å². The molecular formula is C18H22N8O3. The molecule has 0 radical (unpaired) electrons. The van der Waals surface area contributed by atoms with Crippen molar-refractivity contribution >= 4 is 17.5 Å². The number of hydrogen-bond acceptors (Lipinski definition) is 10. The molecule has 4 rings (SSSR count). The summed E-state index contributed by atoms with van der Waals surface area (Å²) in [6.45, 7) is 5.79. The Hall–Kier alpha value is -3.47. The third-order valence-electron chi connectivity index (χ3n) is 4.80. The second-order valence-electron chi connectivity index (χ2n) is 6.59. The fourth-order valence-electron chi connectivity index (χ4n) is 3.32. The molecule has 1 aromatic carbocycles. The first-order valence-corrected chi connectivity index (χ1v) is 9.39. The Bertz CT molecular complexity index is 963. The van der Waals surface area contributed by atoms with Crippen molar-refractivity contribution < 1.29 is 14.2 Å². The van der Waals surface area contributed by atoms with E-state index in [2.05, 4.69) is 47.2 Å². The highest BCUT2D eigenvalue weighted by Gasteiger charge is 2.27. The van der Waals surface area contributed by atoms with Crippen molar-refractivity contribution in [3.63, 3.8) is 0 Å². The van der Waals surface area contributed by atoms with Crippen LogP contribution in [0.25, 0.3) is 5.82 Å². The minimum Gasteiger partial charge on any atom is -0.461 e. The molecule has 29 heavy (non-hydrogen) atoms. The Balaban J connectivity index is 1.54. The van der Waals surface area contributed by atoms with Gasteiger partial charge >= 0.3 is 5.97 Å². The van der Waals surface area contributed by atoms with E-state index in [1.54, 1.807) is 6.92 Å². The van der Waals surface area contributed by atoms with Gasteiger partial charge in [0.25, 0.3) is 0 Å². The Kier molecular flexibility index (Phi) is 5.38. The Morgan fingerprint density at radius 3 is 2.59 bits per heavy atom. The molecule has 152 valence electrons. The van der Waals surface area contributed by atoms with Gasteiger partial charge in [-0.2, -0.15) is 4.68 Å². The second kappa shape index (κ2) is 8.27. The molecule has 1 aliphatic heterocycles. The van der Waals surface area contributed by atoms with E-state index in [0.717, 1.165) is 26.2 Å². The molecule has 0 bridgehead atoms. The van der Waals surface area contributed by atoms with Crippen LogP contribution in [0, 0.1) is 0 Å². The second-order valence-corrected chi connectivity index (χ2v) is 6.59. The zero-order valence-corrected chi connectivity index (χ0v) is 16.1. The summed E-state index contributed by atoms with van der Waals surface area (Å²) in [5.74, 6) is -0.266. The van der Waals surface area contributed by atoms with Crippen LogP contribution in [0.3, 0.4) is 0 Å². The fraction of sp³-hybridized carbons (Fsp3) is 0.389. The van der Waals surface area contributed by atoms with Crippen LogP contribution in [0.5, 0.6) is 0 Å². The van der Waals surface area contributed by atoms with Crippen molar-refractivity contribution in [3.05, 3.63) is 41.7 Å². The summed E-state index contributed by atoms with van der Waals surface area (Å²) < 4.78 is 11.2. The van der Waals surface area contributed by atoms with Crippen LogP contribution in [-0.4, -0.2) is 69.0 Å². The zero-order valence-electron chi connectivity index (χ0n) is 16.1. The lowest BCUT2D eigenvalue weighted by Crippen LogP contribution is -2.46. The molecular weight excluding hydrogens is 376 g/mol. The molecule has 0 unspecified atom stereocenters. The number of ether oxygens (including phenoxy) is 1. The van der Waals surface area contributed by atoms with Gasteiger partial charge in [-0.1, -0.05) is 23.4 Å². The molecule has 0 amide bonds. The van der Waals surface area contributed by atoms with Gasteiger partial charge in [0.05, 0.1) is 12.3 Å². The minimum atomic E-state index is -0.535. The van der Waals surface area contributed by atoms with E-state index in [9.17, 15) is 4.79 Å². The van der Waals surface area contributed by atoms with Gasteiger partial charge in [0.2, 0.25) is 11.6 Å². The highest BCUT2D eigenvalue weighted by atomic mass is 16.6. The lowest BCUT2D eigenvalue weighted by Gasteiger charge is -2.36. The minimum absolute atomic E-state index is 0.0699. The first kappa shape index (κ1) is 18.9. The van der Waals surface area contributed by atoms with Crippen LogP contribution in [-0.2, 0) is 11.3 Å². The maximum absolute atomic E-state index is 12.4. The lowest BCUT2D eigenvalue weighted by atomic mass is 10.2. The van der Waals surface area contributed by atoms with Gasteiger partial charge in [0, 0.05) is 38.4 Å². The SMILES string of the molecule is CCOC(=O)c1nnn(-c2nonc2N)c1CN1CCN(c2ccccc2)CC1. The largest absolute Gasteiger partial charge is 0.461 e. The van der Waals surface area contributed by atoms with E-state index in [0.29, 0.717) is 12.2 Å². The number of aromatic nitrogens is 5. The molecule has 1 saturated heterocycles. The predicted molar refractivity (Wildman–Crippen MR) is 104 cm³/mol. The summed E-state index contributed by atoms with van der Waals surface area (Å²) in [7, 11) is 0. The van der Waals surface area contributed by atoms with Crippen LogP contribution in [0.2, 0.25) is 0 Å². The molecule has 11 nitrogen and oxygen atoms in total. The topological polar surface area (TPSA) is 128 Å². The van der Waals surface area contributed by atoms with Crippen LogP contribution < -0.4 is 10.6 Å². The quantitative estimate of drug-likeness (QED) is 0.593. The molecule has 2 aromatic heterocycles. The third-order valence-corrected chi connectivity index (χ3v) is 4.80. The third kappa shape index (κ3) is 3.90. The average Bonchev–Trinajstić information content (AvgIpc) is 3.35. The molecule has 0 atom stereocenters. The van der Waals surface area contributed by atoms with E-state index >= 15 is 0 Å². The predicted octanol–water partition coefficient (Wildman–Crippen LogP) is 0.731. The summed E-state index contributed by atoms with van der Waals surface area (Å²) in [5, 5.41) is 15.4. The normalized spacial score (nSPS) is 14.9. The number of carbonyl (C=O) groups is 1. The molecule has 1 aliphatic rings. The Morgan fingerprint density at radius 1 is 1.17 bits per heavy atom. The number of nitrogens with two attached hydrogens (primary N) is 1. The van der Waals surface area contributed by atoms with Gasteiger partial charge in [0.15, 0.2) is 5.69 Å². The summed E-state index contributed by atoms with van der Waals surface area (Å²) >= 11 is 0. The number of piperazine rings is 1. The Morgan fingerprint density at radius 2 is 1.93 bits per heavy atom. The monoisotopic (exact) mass is 398 g/mol. The Labute approximate surface area is 167 Å². The molecule has 3 heterocycles. The molecule has 2 N–H and O–H groups in total. The van der Waals surface area contributed by atoms with Crippen LogP contribution >= 0.6 is 0 Å². The molecule has 1 fully saturated rings. The van der Waals surface area contributed by atoms with Gasteiger partial charge in [-0.05, 0) is 29.4 Å². The van der Waals surface area contributed by atoms with Crippen LogP contribution in [0.4, 0.5) is 11.5 Å². The maximum atomic E-state index is 12.4. The molecule has 11 heteroatoms. The van der Waals surface area contributed by atoms with E-state index in [1.807, 2.05) is 18.2 Å². The van der Waals surface area contributed by atoms with E-state index < -0.39 is 5.97 Å². The van der Waals surface area contributed by atoms with Crippen molar-refractivity contribution in [2.75, 3.05) is 43.4 Å². The number of nitrogen functional groups attached to an aromatic ring is 1. The number of carbonyl (C=O) groups excluding carboxylic acids is 1. The zero-order chi connectivity index (χ0) is 20.2. The van der Waals surface area contributed by atoms with E-state index in [1.165, 1.54) is 10.4 Å². The average molecular weight is 398 g/mol. The maximum Gasteiger partial charge on any atom is 0.360 e. The van der Waals surface area contributed by atoms with Crippen molar-refractivity contribution in [1.29, 1.82) is 0 Å². The van der Waals surface area contributed by atoms with Crippen molar-refractivity contribution in [2.24, 2.45) is 0 Å². The standard InChI is InChI=1S/C18H22N8O3/c1-2-28-18(27)15-14(26(23-20-15)17-16(19)21-29-22-17)12-24-8-10-25(11-9-24)13-6-4-3-5-7-13/h3-7H,2,8-12H2,1H3,(H2,19,21). The lowest BCUT2D eigenvalue weighted by molar-refractivity contribution is 0.0516. The molecule has 0 spiro atoms. The highest BCUT2D eigenvalue weighted by molar-refractivity contribution is 5.88. The van der Waals surface area contributed by atoms with Gasteiger partial charge < -0.3 is 15.4 Å². The fourth-order valence-corrected chi connectivity index (χ4v) is 3.32. The summed E-state index contributed by atoms with van der Waals surface area (Å²) in [6.07, 6.45) is 0. The number of nitrogens with zero attached hydrogens (tertiary/aromatic N) is 7. The van der Waals surface area contributed by atoms with Crippen molar-refractivity contribution in [1.82, 2.24) is 30.2 Å². The van der Waals surface area contributed by atoms with E-state index in [-0.39, 0.29) is 23.9 Å². The summed E-state index contributed by atoms with van der Waals surface area (Å²) in [4.78, 5) is 16.9. The molecule has 3 aromatic rings. The highest BCUT2D eigenvalue weighted by Crippen LogP contribution is 2.20. The smallest absolute Gasteiger partial charge is 0.360 e. The number of esters is 1. The van der Waals surface area contributed by atoms with Crippen molar-refractivity contribution in [3.8, 4) is 5.82 Å². The molecule has 0 saturated carbocycles. The first-order valence-electron chi connectivity index (χ1n) is 9.39. The van der Waals surface area contributed by atoms with Crippen molar-refractivity contribution in [2.45, 2.75) is 13.5 Å². The number of anilines is 2. The van der Waals surface area contributed by atoms with Gasteiger partial charge in [0.1, 0.15) is 0 Å². The van der Waals surface area contributed by atoms with Crippen LogP contribution in [0.1, 0.15) is 23.1 Å². The van der Waals surface area contributed by atoms with Gasteiger partial charge in [-0.15, -0.1) is 5.10 Å². The van der Waals surface area contributed by atoms with Gasteiger partial charge in [-0.3, -0.25) is 4.90 Å².